The average molecular weight is 513 g/mol. The van der Waals surface area contributed by atoms with Crippen LogP contribution in [0.1, 0.15) is 22.3 Å². The lowest BCUT2D eigenvalue weighted by Gasteiger charge is -2.26. The Morgan fingerprint density at radius 3 is 1.97 bits per heavy atom. The van der Waals surface area contributed by atoms with E-state index in [-0.39, 0.29) is 18.0 Å². The molecular weight excluding hydrogens is 480 g/mol. The fraction of sp³-hybridized carbons (Fsp3) is 0.296. The van der Waals surface area contributed by atoms with E-state index in [2.05, 4.69) is 5.32 Å². The summed E-state index contributed by atoms with van der Waals surface area (Å²) in [4.78, 5) is 13.2. The quantitative estimate of drug-likeness (QED) is 0.439. The van der Waals surface area contributed by atoms with Crippen molar-refractivity contribution in [1.82, 2.24) is 5.32 Å². The van der Waals surface area contributed by atoms with Crippen LogP contribution in [0.15, 0.2) is 59.5 Å². The van der Waals surface area contributed by atoms with E-state index < -0.39 is 15.9 Å². The summed E-state index contributed by atoms with van der Waals surface area (Å²) in [6, 6.07) is 15.6. The van der Waals surface area contributed by atoms with Crippen molar-refractivity contribution < 1.29 is 27.4 Å². The van der Waals surface area contributed by atoms with Crippen molar-refractivity contribution in [3.63, 3.8) is 0 Å². The minimum absolute atomic E-state index is 0.117. The standard InChI is InChI=1S/C27H32N2O6S/c1-18-8-11-22(12-9-18)36(31,32)29(23-13-19(2)7-10-20(23)3)17-26(30)28-16-21-14-24(33-4)27(35-6)25(15-21)34-5/h7-15H,16-17H2,1-6H3,(H,28,30). The van der Waals surface area contributed by atoms with Gasteiger partial charge in [0.25, 0.3) is 10.0 Å². The van der Waals surface area contributed by atoms with Crippen molar-refractivity contribution >= 4 is 21.6 Å². The molecule has 0 fully saturated rings. The highest BCUT2D eigenvalue weighted by Gasteiger charge is 2.28. The summed E-state index contributed by atoms with van der Waals surface area (Å²) in [5.74, 6) is 0.904. The Morgan fingerprint density at radius 2 is 1.42 bits per heavy atom. The van der Waals surface area contributed by atoms with Crippen LogP contribution in [0.4, 0.5) is 5.69 Å². The lowest BCUT2D eigenvalue weighted by Crippen LogP contribution is -2.41. The fourth-order valence-electron chi connectivity index (χ4n) is 3.75. The van der Waals surface area contributed by atoms with Gasteiger partial charge in [-0.1, -0.05) is 29.8 Å². The molecule has 0 radical (unpaired) electrons. The summed E-state index contributed by atoms with van der Waals surface area (Å²) in [7, 11) is 0.533. The molecule has 9 heteroatoms. The number of anilines is 1. The molecule has 0 atom stereocenters. The number of aryl methyl sites for hydroxylation is 3. The number of amides is 1. The van der Waals surface area contributed by atoms with Gasteiger partial charge in [0.2, 0.25) is 11.7 Å². The van der Waals surface area contributed by atoms with Crippen LogP contribution in [0.5, 0.6) is 17.2 Å². The number of nitrogens with zero attached hydrogens (tertiary/aromatic N) is 1. The van der Waals surface area contributed by atoms with Crippen molar-refractivity contribution in [2.24, 2.45) is 0 Å². The predicted molar refractivity (Wildman–Crippen MR) is 140 cm³/mol. The maximum atomic E-state index is 13.7. The number of carbonyl (C=O) groups excluding carboxylic acids is 1. The second kappa shape index (κ2) is 11.3. The number of benzene rings is 3. The van der Waals surface area contributed by atoms with Crippen molar-refractivity contribution in [3.05, 3.63) is 76.9 Å². The fourth-order valence-corrected chi connectivity index (χ4v) is 5.23. The zero-order valence-corrected chi connectivity index (χ0v) is 22.2. The molecule has 0 saturated heterocycles. The molecule has 0 aliphatic carbocycles. The Morgan fingerprint density at radius 1 is 0.833 bits per heavy atom. The first-order valence-corrected chi connectivity index (χ1v) is 12.8. The molecule has 0 aromatic heterocycles. The largest absolute Gasteiger partial charge is 0.493 e. The molecule has 0 saturated carbocycles. The summed E-state index contributed by atoms with van der Waals surface area (Å²) in [5.41, 5.74) is 3.73. The topological polar surface area (TPSA) is 94.2 Å². The number of rotatable bonds is 10. The van der Waals surface area contributed by atoms with Gasteiger partial charge in [0.15, 0.2) is 11.5 Å². The summed E-state index contributed by atoms with van der Waals surface area (Å²) in [5, 5.41) is 2.81. The van der Waals surface area contributed by atoms with Gasteiger partial charge in [0.1, 0.15) is 6.54 Å². The second-order valence-corrected chi connectivity index (χ2v) is 10.3. The van der Waals surface area contributed by atoms with E-state index in [0.717, 1.165) is 21.0 Å². The number of sulfonamides is 1. The number of hydrogen-bond acceptors (Lipinski definition) is 6. The van der Waals surface area contributed by atoms with Crippen molar-refractivity contribution in [3.8, 4) is 17.2 Å². The highest BCUT2D eigenvalue weighted by molar-refractivity contribution is 7.92. The van der Waals surface area contributed by atoms with Gasteiger partial charge < -0.3 is 19.5 Å². The third-order valence-corrected chi connectivity index (χ3v) is 7.52. The van der Waals surface area contributed by atoms with Crippen LogP contribution in [-0.4, -0.2) is 42.2 Å². The first kappa shape index (κ1) is 26.9. The van der Waals surface area contributed by atoms with Crippen LogP contribution >= 0.6 is 0 Å². The van der Waals surface area contributed by atoms with Crippen LogP contribution in [0.3, 0.4) is 0 Å². The van der Waals surface area contributed by atoms with E-state index in [1.54, 1.807) is 42.5 Å². The molecule has 0 aliphatic heterocycles. The summed E-state index contributed by atoms with van der Waals surface area (Å²) < 4.78 is 44.5. The normalized spacial score (nSPS) is 11.1. The van der Waals surface area contributed by atoms with E-state index in [4.69, 9.17) is 14.2 Å². The Labute approximate surface area is 212 Å². The van der Waals surface area contributed by atoms with Gasteiger partial charge in [-0.15, -0.1) is 0 Å². The molecule has 1 amide bonds. The van der Waals surface area contributed by atoms with Crippen LogP contribution in [-0.2, 0) is 21.4 Å². The second-order valence-electron chi connectivity index (χ2n) is 8.42. The van der Waals surface area contributed by atoms with Gasteiger partial charge in [-0.25, -0.2) is 8.42 Å². The molecule has 3 rings (SSSR count). The summed E-state index contributed by atoms with van der Waals surface area (Å²) >= 11 is 0. The predicted octanol–water partition coefficient (Wildman–Crippen LogP) is 4.15. The SMILES string of the molecule is COc1cc(CNC(=O)CN(c2cc(C)ccc2C)S(=O)(=O)c2ccc(C)cc2)cc(OC)c1OC. The van der Waals surface area contributed by atoms with E-state index in [1.165, 1.54) is 21.3 Å². The summed E-state index contributed by atoms with van der Waals surface area (Å²) in [6.45, 7) is 5.34. The number of hydrogen-bond donors (Lipinski definition) is 1. The minimum Gasteiger partial charge on any atom is -0.493 e. The first-order valence-electron chi connectivity index (χ1n) is 11.3. The van der Waals surface area contributed by atoms with Crippen molar-refractivity contribution in [2.75, 3.05) is 32.2 Å². The van der Waals surface area contributed by atoms with Crippen LogP contribution in [0.2, 0.25) is 0 Å². The molecule has 192 valence electrons. The van der Waals surface area contributed by atoms with E-state index in [1.807, 2.05) is 32.9 Å². The molecule has 0 spiro atoms. The van der Waals surface area contributed by atoms with Crippen LogP contribution in [0, 0.1) is 20.8 Å². The molecule has 0 unspecified atom stereocenters. The zero-order chi connectivity index (χ0) is 26.5. The molecule has 3 aromatic carbocycles. The lowest BCUT2D eigenvalue weighted by molar-refractivity contribution is -0.119. The Hall–Kier alpha value is -3.72. The molecule has 36 heavy (non-hydrogen) atoms. The molecular formula is C27H32N2O6S. The minimum atomic E-state index is -4.00. The molecule has 8 nitrogen and oxygen atoms in total. The van der Waals surface area contributed by atoms with Crippen molar-refractivity contribution in [1.29, 1.82) is 0 Å². The number of carbonyl (C=O) groups is 1. The highest BCUT2D eigenvalue weighted by atomic mass is 32.2. The Bertz CT molecular complexity index is 1310. The number of ether oxygens (including phenoxy) is 3. The highest BCUT2D eigenvalue weighted by Crippen LogP contribution is 2.38. The van der Waals surface area contributed by atoms with Gasteiger partial charge >= 0.3 is 0 Å². The van der Waals surface area contributed by atoms with E-state index >= 15 is 0 Å². The van der Waals surface area contributed by atoms with Crippen LogP contribution < -0.4 is 23.8 Å². The first-order chi connectivity index (χ1) is 17.1. The van der Waals surface area contributed by atoms with Gasteiger partial charge in [0, 0.05) is 6.54 Å². The maximum absolute atomic E-state index is 13.7. The van der Waals surface area contributed by atoms with E-state index in [0.29, 0.717) is 28.5 Å². The van der Waals surface area contributed by atoms with Crippen LogP contribution in [0.25, 0.3) is 0 Å². The van der Waals surface area contributed by atoms with Gasteiger partial charge in [0.05, 0.1) is 31.9 Å². The average Bonchev–Trinajstić information content (AvgIpc) is 2.87. The Balaban J connectivity index is 1.90. The lowest BCUT2D eigenvalue weighted by atomic mass is 10.1. The molecule has 0 bridgehead atoms. The van der Waals surface area contributed by atoms with Gasteiger partial charge in [-0.2, -0.15) is 0 Å². The summed E-state index contributed by atoms with van der Waals surface area (Å²) in [6.07, 6.45) is 0. The smallest absolute Gasteiger partial charge is 0.264 e. The molecule has 0 heterocycles. The zero-order valence-electron chi connectivity index (χ0n) is 21.4. The Kier molecular flexibility index (Phi) is 8.47. The third kappa shape index (κ3) is 5.91. The van der Waals surface area contributed by atoms with Crippen molar-refractivity contribution in [2.45, 2.75) is 32.2 Å². The molecule has 0 aliphatic rings. The van der Waals surface area contributed by atoms with E-state index in [9.17, 15) is 13.2 Å². The number of methoxy groups -OCH3 is 3. The molecule has 1 N–H and O–H groups in total. The number of nitrogens with one attached hydrogen (secondary N) is 1. The monoisotopic (exact) mass is 512 g/mol. The van der Waals surface area contributed by atoms with Gasteiger partial charge in [-0.3, -0.25) is 9.10 Å². The third-order valence-electron chi connectivity index (χ3n) is 5.74. The maximum Gasteiger partial charge on any atom is 0.264 e. The molecule has 3 aromatic rings. The van der Waals surface area contributed by atoms with Gasteiger partial charge in [-0.05, 0) is 67.8 Å².